The van der Waals surface area contributed by atoms with Gasteiger partial charge in [-0.1, -0.05) is 6.07 Å². The van der Waals surface area contributed by atoms with Crippen molar-refractivity contribution >= 4 is 17.2 Å². The van der Waals surface area contributed by atoms with Gasteiger partial charge in [-0.05, 0) is 49.5 Å². The summed E-state index contributed by atoms with van der Waals surface area (Å²) in [5.74, 6) is 0.745. The molecule has 1 amide bonds. The van der Waals surface area contributed by atoms with Gasteiger partial charge in [-0.3, -0.25) is 4.79 Å². The summed E-state index contributed by atoms with van der Waals surface area (Å²) < 4.78 is 2.06. The number of carbonyl (C=O) groups excluding carboxylic acids is 1. The molecule has 112 valence electrons. The Morgan fingerprint density at radius 3 is 3.10 bits per heavy atom. The second kappa shape index (κ2) is 6.45. The molecule has 3 rings (SSSR count). The molecule has 1 fully saturated rings. The molecule has 2 aromatic heterocycles. The standard InChI is InChI=1S/C16H21N3OS/c1-17-10-13-6-8-19(11-13)16(20)15-5-2-7-18(15)12-14-4-3-9-21-14/h2-5,7,9,13,17H,6,8,10-12H2,1H3/t13-/m0/s1. The summed E-state index contributed by atoms with van der Waals surface area (Å²) in [7, 11) is 1.97. The maximum atomic E-state index is 12.7. The second-order valence-corrected chi connectivity index (χ2v) is 6.60. The third-order valence-electron chi connectivity index (χ3n) is 4.02. The van der Waals surface area contributed by atoms with Crippen LogP contribution in [-0.2, 0) is 6.54 Å². The Balaban J connectivity index is 1.69. The molecule has 5 heteroatoms. The summed E-state index contributed by atoms with van der Waals surface area (Å²) in [5.41, 5.74) is 0.800. The predicted molar refractivity (Wildman–Crippen MR) is 85.8 cm³/mol. The highest BCUT2D eigenvalue weighted by Gasteiger charge is 2.27. The van der Waals surface area contributed by atoms with Crippen LogP contribution in [0.25, 0.3) is 0 Å². The van der Waals surface area contributed by atoms with Crippen molar-refractivity contribution in [2.24, 2.45) is 5.92 Å². The summed E-state index contributed by atoms with van der Waals surface area (Å²) in [6, 6.07) is 8.05. The summed E-state index contributed by atoms with van der Waals surface area (Å²) in [6.07, 6.45) is 3.09. The van der Waals surface area contributed by atoms with Crippen LogP contribution in [0.2, 0.25) is 0 Å². The van der Waals surface area contributed by atoms with Gasteiger partial charge in [0.15, 0.2) is 0 Å². The molecular formula is C16H21N3OS. The third-order valence-corrected chi connectivity index (χ3v) is 4.88. The van der Waals surface area contributed by atoms with Crippen molar-refractivity contribution in [1.82, 2.24) is 14.8 Å². The van der Waals surface area contributed by atoms with Crippen molar-refractivity contribution in [3.63, 3.8) is 0 Å². The highest BCUT2D eigenvalue weighted by Crippen LogP contribution is 2.19. The number of nitrogens with one attached hydrogen (secondary N) is 1. The van der Waals surface area contributed by atoms with Crippen LogP contribution in [0.5, 0.6) is 0 Å². The molecule has 1 N–H and O–H groups in total. The molecule has 0 unspecified atom stereocenters. The number of likely N-dealkylation sites (tertiary alicyclic amines) is 1. The van der Waals surface area contributed by atoms with Gasteiger partial charge in [0, 0.05) is 24.2 Å². The molecule has 0 saturated carbocycles. The fraction of sp³-hybridized carbons (Fsp3) is 0.438. The van der Waals surface area contributed by atoms with Crippen LogP contribution < -0.4 is 5.32 Å². The largest absolute Gasteiger partial charge is 0.338 e. The van der Waals surface area contributed by atoms with E-state index >= 15 is 0 Å². The second-order valence-electron chi connectivity index (χ2n) is 5.56. The number of thiophene rings is 1. The van der Waals surface area contributed by atoms with E-state index < -0.39 is 0 Å². The number of carbonyl (C=O) groups is 1. The van der Waals surface area contributed by atoms with Gasteiger partial charge >= 0.3 is 0 Å². The molecule has 1 aliphatic rings. The quantitative estimate of drug-likeness (QED) is 0.920. The van der Waals surface area contributed by atoms with Gasteiger partial charge in [0.25, 0.3) is 5.91 Å². The summed E-state index contributed by atoms with van der Waals surface area (Å²) >= 11 is 1.73. The lowest BCUT2D eigenvalue weighted by atomic mass is 10.1. The van der Waals surface area contributed by atoms with E-state index in [1.807, 2.05) is 36.3 Å². The molecule has 2 aromatic rings. The Morgan fingerprint density at radius 1 is 1.43 bits per heavy atom. The highest BCUT2D eigenvalue weighted by molar-refractivity contribution is 7.09. The molecule has 0 bridgehead atoms. The maximum absolute atomic E-state index is 12.7. The molecule has 0 spiro atoms. The average Bonchev–Trinajstić information content (AvgIpc) is 3.20. The van der Waals surface area contributed by atoms with Crippen molar-refractivity contribution in [3.8, 4) is 0 Å². The van der Waals surface area contributed by atoms with Gasteiger partial charge in [0.05, 0.1) is 6.54 Å². The zero-order chi connectivity index (χ0) is 14.7. The minimum atomic E-state index is 0.162. The van der Waals surface area contributed by atoms with E-state index in [1.54, 1.807) is 11.3 Å². The minimum absolute atomic E-state index is 0.162. The van der Waals surface area contributed by atoms with Crippen molar-refractivity contribution in [3.05, 3.63) is 46.4 Å². The average molecular weight is 303 g/mol. The fourth-order valence-electron chi connectivity index (χ4n) is 2.95. The Labute approximate surface area is 129 Å². The molecule has 3 heterocycles. The molecule has 4 nitrogen and oxygen atoms in total. The Hall–Kier alpha value is -1.59. The van der Waals surface area contributed by atoms with Crippen molar-refractivity contribution in [2.75, 3.05) is 26.7 Å². The number of rotatable bonds is 5. The summed E-state index contributed by atoms with van der Waals surface area (Å²) in [5, 5.41) is 5.28. The van der Waals surface area contributed by atoms with Crippen molar-refractivity contribution in [1.29, 1.82) is 0 Å². The van der Waals surface area contributed by atoms with E-state index in [4.69, 9.17) is 0 Å². The molecular weight excluding hydrogens is 282 g/mol. The monoisotopic (exact) mass is 303 g/mol. The van der Waals surface area contributed by atoms with E-state index in [0.29, 0.717) is 5.92 Å². The number of nitrogens with zero attached hydrogens (tertiary/aromatic N) is 2. The molecule has 1 atom stereocenters. The predicted octanol–water partition coefficient (Wildman–Crippen LogP) is 2.28. The van der Waals surface area contributed by atoms with Gasteiger partial charge < -0.3 is 14.8 Å². The Morgan fingerprint density at radius 2 is 2.33 bits per heavy atom. The number of hydrogen-bond acceptors (Lipinski definition) is 3. The van der Waals surface area contributed by atoms with Crippen LogP contribution in [-0.4, -0.2) is 42.1 Å². The minimum Gasteiger partial charge on any atom is -0.338 e. The van der Waals surface area contributed by atoms with E-state index in [2.05, 4.69) is 21.3 Å². The first-order valence-electron chi connectivity index (χ1n) is 7.39. The van der Waals surface area contributed by atoms with Crippen LogP contribution in [0, 0.1) is 5.92 Å². The van der Waals surface area contributed by atoms with Gasteiger partial charge in [0.2, 0.25) is 0 Å². The van der Waals surface area contributed by atoms with Gasteiger partial charge in [-0.15, -0.1) is 11.3 Å². The van der Waals surface area contributed by atoms with Crippen molar-refractivity contribution in [2.45, 2.75) is 13.0 Å². The van der Waals surface area contributed by atoms with Gasteiger partial charge in [0.1, 0.15) is 5.69 Å². The van der Waals surface area contributed by atoms with E-state index in [-0.39, 0.29) is 5.91 Å². The van der Waals surface area contributed by atoms with Crippen molar-refractivity contribution < 1.29 is 4.79 Å². The topological polar surface area (TPSA) is 37.3 Å². The zero-order valence-corrected chi connectivity index (χ0v) is 13.1. The highest BCUT2D eigenvalue weighted by atomic mass is 32.1. The van der Waals surface area contributed by atoms with Crippen LogP contribution in [0.4, 0.5) is 0 Å². The number of aromatic nitrogens is 1. The van der Waals surface area contributed by atoms with Crippen LogP contribution in [0.1, 0.15) is 21.8 Å². The van der Waals surface area contributed by atoms with Crippen LogP contribution in [0.3, 0.4) is 0 Å². The lowest BCUT2D eigenvalue weighted by molar-refractivity contribution is 0.0777. The first kappa shape index (κ1) is 14.4. The van der Waals surface area contributed by atoms with Gasteiger partial charge in [-0.2, -0.15) is 0 Å². The first-order valence-corrected chi connectivity index (χ1v) is 8.27. The number of hydrogen-bond donors (Lipinski definition) is 1. The van der Waals surface area contributed by atoms with Crippen LogP contribution in [0.15, 0.2) is 35.8 Å². The first-order chi connectivity index (χ1) is 10.3. The Bertz CT molecular complexity index is 590. The van der Waals surface area contributed by atoms with Gasteiger partial charge in [-0.25, -0.2) is 0 Å². The lowest BCUT2D eigenvalue weighted by Gasteiger charge is -2.18. The molecule has 0 aromatic carbocycles. The fourth-order valence-corrected chi connectivity index (χ4v) is 3.65. The summed E-state index contributed by atoms with van der Waals surface area (Å²) in [4.78, 5) is 16.0. The molecule has 1 saturated heterocycles. The van der Waals surface area contributed by atoms with E-state index in [1.165, 1.54) is 4.88 Å². The summed E-state index contributed by atoms with van der Waals surface area (Å²) in [6.45, 7) is 3.50. The normalized spacial score (nSPS) is 18.3. The third kappa shape index (κ3) is 3.19. The van der Waals surface area contributed by atoms with Crippen LogP contribution >= 0.6 is 11.3 Å². The molecule has 0 aliphatic carbocycles. The maximum Gasteiger partial charge on any atom is 0.270 e. The molecule has 21 heavy (non-hydrogen) atoms. The molecule has 1 aliphatic heterocycles. The van der Waals surface area contributed by atoms with E-state index in [9.17, 15) is 4.79 Å². The molecule has 0 radical (unpaired) electrons. The smallest absolute Gasteiger partial charge is 0.270 e. The number of amides is 1. The van der Waals surface area contributed by atoms with E-state index in [0.717, 1.165) is 38.3 Å². The lowest BCUT2D eigenvalue weighted by Crippen LogP contribution is -2.31. The SMILES string of the molecule is CNC[C@@H]1CCN(C(=O)c2cccn2Cc2cccs2)C1. The zero-order valence-electron chi connectivity index (χ0n) is 12.3. The Kier molecular flexibility index (Phi) is 4.41.